The van der Waals surface area contributed by atoms with Crippen molar-refractivity contribution in [3.63, 3.8) is 0 Å². The van der Waals surface area contributed by atoms with Crippen LogP contribution in [0.25, 0.3) is 10.8 Å². The van der Waals surface area contributed by atoms with E-state index in [1.54, 1.807) is 6.26 Å². The van der Waals surface area contributed by atoms with E-state index in [4.69, 9.17) is 16.0 Å². The largest absolute Gasteiger partial charge is 0.465 e. The quantitative estimate of drug-likeness (QED) is 0.750. The molecule has 0 aliphatic heterocycles. The zero-order chi connectivity index (χ0) is 9.26. The normalized spacial score (nSPS) is 13.4. The number of aliphatic hydroxyl groups excluding tert-OH is 1. The van der Waals surface area contributed by atoms with Crippen LogP contribution < -0.4 is 0 Å². The van der Waals surface area contributed by atoms with Gasteiger partial charge in [0.2, 0.25) is 0 Å². The summed E-state index contributed by atoms with van der Waals surface area (Å²) >= 11 is 5.53. The summed E-state index contributed by atoms with van der Waals surface area (Å²) < 4.78 is 5.23. The summed E-state index contributed by atoms with van der Waals surface area (Å²) in [5.74, 6) is 0.697. The van der Waals surface area contributed by atoms with E-state index in [1.807, 2.05) is 24.3 Å². The summed E-state index contributed by atoms with van der Waals surface area (Å²) in [5, 5.41) is 11.4. The molecule has 0 amide bonds. The molecule has 1 atom stereocenters. The predicted octanol–water partition coefficient (Wildman–Crippen LogP) is 2.71. The fourth-order valence-corrected chi connectivity index (χ4v) is 1.48. The highest BCUT2D eigenvalue weighted by molar-refractivity contribution is 6.18. The molecule has 0 aliphatic rings. The minimum Gasteiger partial charge on any atom is -0.465 e. The Morgan fingerprint density at radius 3 is 2.92 bits per heavy atom. The van der Waals surface area contributed by atoms with Gasteiger partial charge in [-0.1, -0.05) is 24.3 Å². The molecule has 3 heteroatoms. The van der Waals surface area contributed by atoms with Crippen molar-refractivity contribution in [2.75, 3.05) is 5.88 Å². The molecule has 68 valence electrons. The van der Waals surface area contributed by atoms with Gasteiger partial charge < -0.3 is 9.52 Å². The highest BCUT2D eigenvalue weighted by Gasteiger charge is 2.13. The second kappa shape index (κ2) is 3.40. The Bertz CT molecular complexity index is 408. The van der Waals surface area contributed by atoms with E-state index in [9.17, 15) is 5.11 Å². The topological polar surface area (TPSA) is 33.4 Å². The van der Waals surface area contributed by atoms with E-state index in [2.05, 4.69) is 0 Å². The summed E-state index contributed by atoms with van der Waals surface area (Å²) in [6, 6.07) is 7.67. The summed E-state index contributed by atoms with van der Waals surface area (Å²) in [6.45, 7) is 0. The Balaban J connectivity index is 2.57. The third-order valence-electron chi connectivity index (χ3n) is 1.99. The van der Waals surface area contributed by atoms with Crippen LogP contribution in [0.3, 0.4) is 0 Å². The van der Waals surface area contributed by atoms with Crippen LogP contribution in [0.4, 0.5) is 0 Å². The number of halogens is 1. The minimum atomic E-state index is -0.721. The average Bonchev–Trinajstić information content (AvgIpc) is 2.60. The molecule has 1 aromatic carbocycles. The molecule has 0 saturated carbocycles. The molecule has 0 aliphatic carbocycles. The molecule has 2 nitrogen and oxygen atoms in total. The van der Waals surface area contributed by atoms with Gasteiger partial charge in [-0.25, -0.2) is 0 Å². The van der Waals surface area contributed by atoms with Crippen molar-refractivity contribution in [3.8, 4) is 0 Å². The Morgan fingerprint density at radius 2 is 2.15 bits per heavy atom. The lowest BCUT2D eigenvalue weighted by Crippen LogP contribution is -1.96. The number of alkyl halides is 1. The monoisotopic (exact) mass is 196 g/mol. The molecular formula is C10H9ClO2. The molecular weight excluding hydrogens is 188 g/mol. The molecule has 0 bridgehead atoms. The van der Waals surface area contributed by atoms with Gasteiger partial charge >= 0.3 is 0 Å². The summed E-state index contributed by atoms with van der Waals surface area (Å²) in [6.07, 6.45) is 0.905. The van der Waals surface area contributed by atoms with Crippen molar-refractivity contribution >= 4 is 22.4 Å². The summed E-state index contributed by atoms with van der Waals surface area (Å²) in [5.41, 5.74) is 0. The molecule has 1 aromatic heterocycles. The van der Waals surface area contributed by atoms with Crippen LogP contribution in [-0.4, -0.2) is 11.0 Å². The zero-order valence-electron chi connectivity index (χ0n) is 6.90. The van der Waals surface area contributed by atoms with Gasteiger partial charge in [0.15, 0.2) is 0 Å². The van der Waals surface area contributed by atoms with Crippen molar-refractivity contribution in [3.05, 3.63) is 36.3 Å². The van der Waals surface area contributed by atoms with Gasteiger partial charge in [0, 0.05) is 10.8 Å². The van der Waals surface area contributed by atoms with Crippen molar-refractivity contribution in [1.29, 1.82) is 0 Å². The van der Waals surface area contributed by atoms with E-state index in [0.717, 1.165) is 10.8 Å². The molecule has 1 heterocycles. The number of furan rings is 1. The van der Waals surface area contributed by atoms with Crippen molar-refractivity contribution < 1.29 is 9.52 Å². The fraction of sp³-hybridized carbons (Fsp3) is 0.200. The molecule has 2 rings (SSSR count). The number of rotatable bonds is 2. The highest BCUT2D eigenvalue weighted by Crippen LogP contribution is 2.26. The molecule has 13 heavy (non-hydrogen) atoms. The molecule has 0 radical (unpaired) electrons. The lowest BCUT2D eigenvalue weighted by Gasteiger charge is -2.02. The first-order chi connectivity index (χ1) is 6.33. The number of aliphatic hydroxyl groups is 1. The molecule has 0 fully saturated rings. The van der Waals surface area contributed by atoms with Gasteiger partial charge in [-0.15, -0.1) is 11.6 Å². The van der Waals surface area contributed by atoms with Crippen molar-refractivity contribution in [2.45, 2.75) is 6.10 Å². The van der Waals surface area contributed by atoms with E-state index in [0.29, 0.717) is 5.76 Å². The van der Waals surface area contributed by atoms with Gasteiger partial charge in [-0.05, 0) is 0 Å². The first kappa shape index (κ1) is 8.60. The third kappa shape index (κ3) is 1.43. The molecule has 2 aromatic rings. The minimum absolute atomic E-state index is 0.150. The maximum Gasteiger partial charge on any atom is 0.141 e. The van der Waals surface area contributed by atoms with Crippen LogP contribution >= 0.6 is 11.6 Å². The van der Waals surface area contributed by atoms with Gasteiger partial charge in [-0.3, -0.25) is 0 Å². The maximum atomic E-state index is 9.49. The van der Waals surface area contributed by atoms with Gasteiger partial charge in [0.05, 0.1) is 12.1 Å². The van der Waals surface area contributed by atoms with Crippen LogP contribution in [-0.2, 0) is 0 Å². The second-order valence-corrected chi connectivity index (χ2v) is 3.17. The predicted molar refractivity (Wildman–Crippen MR) is 51.9 cm³/mol. The van der Waals surface area contributed by atoms with Crippen LogP contribution in [0.5, 0.6) is 0 Å². The van der Waals surface area contributed by atoms with E-state index in [1.165, 1.54) is 0 Å². The Kier molecular flexibility index (Phi) is 2.25. The lowest BCUT2D eigenvalue weighted by molar-refractivity contribution is 0.174. The van der Waals surface area contributed by atoms with E-state index in [-0.39, 0.29) is 5.88 Å². The zero-order valence-corrected chi connectivity index (χ0v) is 7.66. The second-order valence-electron chi connectivity index (χ2n) is 2.86. The van der Waals surface area contributed by atoms with Crippen molar-refractivity contribution in [1.82, 2.24) is 0 Å². The Labute approximate surface area is 80.7 Å². The summed E-state index contributed by atoms with van der Waals surface area (Å²) in [7, 11) is 0. The SMILES string of the molecule is O[C@@H](CCl)c1occ2ccccc12. The van der Waals surface area contributed by atoms with Crippen LogP contribution in [0.1, 0.15) is 11.9 Å². The average molecular weight is 197 g/mol. The van der Waals surface area contributed by atoms with Crippen LogP contribution in [0, 0.1) is 0 Å². The van der Waals surface area contributed by atoms with Gasteiger partial charge in [0.25, 0.3) is 0 Å². The van der Waals surface area contributed by atoms with Gasteiger partial charge in [-0.2, -0.15) is 0 Å². The molecule has 1 N–H and O–H groups in total. The number of hydrogen-bond donors (Lipinski definition) is 1. The molecule has 0 saturated heterocycles. The highest BCUT2D eigenvalue weighted by atomic mass is 35.5. The van der Waals surface area contributed by atoms with Crippen LogP contribution in [0.15, 0.2) is 34.9 Å². The summed E-state index contributed by atoms with van der Waals surface area (Å²) in [4.78, 5) is 0. The van der Waals surface area contributed by atoms with E-state index < -0.39 is 6.10 Å². The first-order valence-corrected chi connectivity index (χ1v) is 4.56. The molecule has 0 spiro atoms. The standard InChI is InChI=1S/C10H9ClO2/c11-5-9(12)10-8-4-2-1-3-7(8)6-13-10/h1-4,6,9,12H,5H2/t9-/m0/s1. The smallest absolute Gasteiger partial charge is 0.141 e. The van der Waals surface area contributed by atoms with E-state index >= 15 is 0 Å². The number of hydrogen-bond acceptors (Lipinski definition) is 2. The third-order valence-corrected chi connectivity index (χ3v) is 2.28. The Morgan fingerprint density at radius 1 is 1.38 bits per heavy atom. The van der Waals surface area contributed by atoms with Crippen LogP contribution in [0.2, 0.25) is 0 Å². The first-order valence-electron chi connectivity index (χ1n) is 4.03. The maximum absolute atomic E-state index is 9.49. The van der Waals surface area contributed by atoms with Gasteiger partial charge in [0.1, 0.15) is 11.9 Å². The number of fused-ring (bicyclic) bond motifs is 1. The molecule has 0 unspecified atom stereocenters. The lowest BCUT2D eigenvalue weighted by atomic mass is 10.1. The number of benzene rings is 1. The van der Waals surface area contributed by atoms with Crippen molar-refractivity contribution in [2.24, 2.45) is 0 Å². The fourth-order valence-electron chi connectivity index (χ4n) is 1.34. The Hall–Kier alpha value is -0.990.